The summed E-state index contributed by atoms with van der Waals surface area (Å²) in [7, 11) is 1.71. The molecule has 0 aliphatic carbocycles. The van der Waals surface area contributed by atoms with Gasteiger partial charge >= 0.3 is 0 Å². The number of hydrogen-bond donors (Lipinski definition) is 2. The van der Waals surface area contributed by atoms with Crippen LogP contribution in [0.5, 0.6) is 0 Å². The van der Waals surface area contributed by atoms with Gasteiger partial charge in [0.25, 0.3) is 0 Å². The van der Waals surface area contributed by atoms with Gasteiger partial charge in [-0.2, -0.15) is 0 Å². The van der Waals surface area contributed by atoms with Gasteiger partial charge in [-0.05, 0) is 29.3 Å². The fraction of sp³-hybridized carbons (Fsp3) is 0.231. The predicted molar refractivity (Wildman–Crippen MR) is 68.3 cm³/mol. The van der Waals surface area contributed by atoms with Crippen molar-refractivity contribution in [2.75, 3.05) is 12.4 Å². The summed E-state index contributed by atoms with van der Waals surface area (Å²) in [6.07, 6.45) is 3.25. The highest BCUT2D eigenvalue weighted by Gasteiger charge is 2.21. The van der Waals surface area contributed by atoms with Gasteiger partial charge in [-0.15, -0.1) is 0 Å². The molecule has 1 unspecified atom stereocenters. The first-order chi connectivity index (χ1) is 8.86. The van der Waals surface area contributed by atoms with E-state index in [4.69, 9.17) is 4.74 Å². The first-order valence-electron chi connectivity index (χ1n) is 5.79. The van der Waals surface area contributed by atoms with Crippen molar-refractivity contribution in [2.24, 2.45) is 0 Å². The number of methoxy groups -OCH3 is 1. The minimum absolute atomic E-state index is 0.00750. The average molecular weight is 242 g/mol. The Hall–Kier alpha value is -1.98. The molecule has 1 aliphatic heterocycles. The standard InChI is InChI=1S/C13H14N4O/c1-18-13-11-3-2-10(6-9(11)7-15-13)17-12-4-5-14-8-16-12/h2-6,8,13,15H,7H2,1H3,(H,14,16,17). The third-order valence-electron chi connectivity index (χ3n) is 2.99. The van der Waals surface area contributed by atoms with Gasteiger partial charge in [-0.25, -0.2) is 9.97 Å². The van der Waals surface area contributed by atoms with Gasteiger partial charge in [0.05, 0.1) is 0 Å². The van der Waals surface area contributed by atoms with Crippen molar-refractivity contribution in [3.05, 3.63) is 47.9 Å². The fourth-order valence-corrected chi connectivity index (χ4v) is 2.13. The van der Waals surface area contributed by atoms with E-state index in [1.165, 1.54) is 17.5 Å². The molecule has 92 valence electrons. The maximum Gasteiger partial charge on any atom is 0.134 e. The van der Waals surface area contributed by atoms with Gasteiger partial charge in [0.2, 0.25) is 0 Å². The summed E-state index contributed by atoms with van der Waals surface area (Å²) in [4.78, 5) is 8.02. The molecule has 0 spiro atoms. The molecule has 18 heavy (non-hydrogen) atoms. The van der Waals surface area contributed by atoms with Crippen LogP contribution in [0.25, 0.3) is 0 Å². The maximum absolute atomic E-state index is 5.34. The number of ether oxygens (including phenoxy) is 1. The van der Waals surface area contributed by atoms with Crippen LogP contribution in [0.2, 0.25) is 0 Å². The van der Waals surface area contributed by atoms with Crippen LogP contribution in [0.1, 0.15) is 17.4 Å². The van der Waals surface area contributed by atoms with Gasteiger partial charge in [0.1, 0.15) is 18.4 Å². The Morgan fingerprint density at radius 2 is 2.33 bits per heavy atom. The van der Waals surface area contributed by atoms with Gasteiger partial charge in [0.15, 0.2) is 0 Å². The molecule has 1 aromatic heterocycles. The summed E-state index contributed by atoms with van der Waals surface area (Å²) >= 11 is 0. The summed E-state index contributed by atoms with van der Waals surface area (Å²) in [5, 5.41) is 6.53. The first-order valence-corrected chi connectivity index (χ1v) is 5.79. The second-order valence-electron chi connectivity index (χ2n) is 4.13. The lowest BCUT2D eigenvalue weighted by molar-refractivity contribution is 0.0829. The number of nitrogens with zero attached hydrogens (tertiary/aromatic N) is 2. The van der Waals surface area contributed by atoms with Crippen molar-refractivity contribution >= 4 is 11.5 Å². The SMILES string of the molecule is COC1NCc2cc(Nc3ccncn3)ccc21. The van der Waals surface area contributed by atoms with Gasteiger partial charge in [-0.3, -0.25) is 5.32 Å². The van der Waals surface area contributed by atoms with Crippen molar-refractivity contribution in [1.29, 1.82) is 0 Å². The van der Waals surface area contributed by atoms with Gasteiger partial charge in [0, 0.05) is 25.5 Å². The number of rotatable bonds is 3. The van der Waals surface area contributed by atoms with Gasteiger partial charge in [-0.1, -0.05) is 6.07 Å². The Bertz CT molecular complexity index is 544. The van der Waals surface area contributed by atoms with Crippen molar-refractivity contribution in [3.63, 3.8) is 0 Å². The minimum atomic E-state index is 0.00750. The molecule has 0 radical (unpaired) electrons. The lowest BCUT2D eigenvalue weighted by atomic mass is 10.1. The molecule has 5 heteroatoms. The summed E-state index contributed by atoms with van der Waals surface area (Å²) < 4.78 is 5.34. The zero-order valence-electron chi connectivity index (χ0n) is 10.1. The zero-order chi connectivity index (χ0) is 12.4. The average Bonchev–Trinajstić information content (AvgIpc) is 2.82. The van der Waals surface area contributed by atoms with E-state index in [-0.39, 0.29) is 6.23 Å². The summed E-state index contributed by atoms with van der Waals surface area (Å²) in [5.74, 6) is 0.791. The van der Waals surface area contributed by atoms with E-state index in [1.54, 1.807) is 13.3 Å². The molecule has 5 nitrogen and oxygen atoms in total. The fourth-order valence-electron chi connectivity index (χ4n) is 2.13. The lowest BCUT2D eigenvalue weighted by Gasteiger charge is -2.10. The predicted octanol–water partition coefficient (Wildman–Crippen LogP) is 1.97. The van der Waals surface area contributed by atoms with Crippen molar-refractivity contribution in [2.45, 2.75) is 12.8 Å². The van der Waals surface area contributed by atoms with E-state index in [0.29, 0.717) is 0 Å². The van der Waals surface area contributed by atoms with Gasteiger partial charge < -0.3 is 10.1 Å². The number of benzene rings is 1. The maximum atomic E-state index is 5.34. The Morgan fingerprint density at radius 1 is 1.39 bits per heavy atom. The van der Waals surface area contributed by atoms with E-state index in [0.717, 1.165) is 18.1 Å². The second-order valence-corrected chi connectivity index (χ2v) is 4.13. The molecule has 1 aliphatic rings. The molecule has 3 rings (SSSR count). The normalized spacial score (nSPS) is 17.5. The lowest BCUT2D eigenvalue weighted by Crippen LogP contribution is -2.13. The number of anilines is 2. The Balaban J connectivity index is 1.84. The first kappa shape index (κ1) is 11.1. The zero-order valence-corrected chi connectivity index (χ0v) is 10.1. The number of nitrogens with one attached hydrogen (secondary N) is 2. The van der Waals surface area contributed by atoms with Crippen LogP contribution >= 0.6 is 0 Å². The molecule has 2 N–H and O–H groups in total. The highest BCUT2D eigenvalue weighted by molar-refractivity contribution is 5.58. The molecule has 0 bridgehead atoms. The minimum Gasteiger partial charge on any atom is -0.362 e. The molecule has 2 aromatic rings. The highest BCUT2D eigenvalue weighted by Crippen LogP contribution is 2.28. The third kappa shape index (κ3) is 2.05. The van der Waals surface area contributed by atoms with Crippen LogP contribution in [0.4, 0.5) is 11.5 Å². The molecule has 1 atom stereocenters. The third-order valence-corrected chi connectivity index (χ3v) is 2.99. The molecule has 0 saturated carbocycles. The van der Waals surface area contributed by atoms with E-state index >= 15 is 0 Å². The molecule has 2 heterocycles. The second kappa shape index (κ2) is 4.72. The molecule has 0 saturated heterocycles. The monoisotopic (exact) mass is 242 g/mol. The molecule has 1 aromatic carbocycles. The van der Waals surface area contributed by atoms with Crippen molar-refractivity contribution in [1.82, 2.24) is 15.3 Å². The number of aromatic nitrogens is 2. The molecule has 0 amide bonds. The summed E-state index contributed by atoms with van der Waals surface area (Å²) in [5.41, 5.74) is 3.47. The Labute approximate surface area is 105 Å². The molecular formula is C13H14N4O. The van der Waals surface area contributed by atoms with Crippen LogP contribution in [0.3, 0.4) is 0 Å². The smallest absolute Gasteiger partial charge is 0.134 e. The van der Waals surface area contributed by atoms with E-state index in [9.17, 15) is 0 Å². The van der Waals surface area contributed by atoms with Crippen molar-refractivity contribution in [3.8, 4) is 0 Å². The van der Waals surface area contributed by atoms with Crippen molar-refractivity contribution < 1.29 is 4.74 Å². The van der Waals surface area contributed by atoms with E-state index < -0.39 is 0 Å². The van der Waals surface area contributed by atoms with Crippen LogP contribution < -0.4 is 10.6 Å². The van der Waals surface area contributed by atoms with Crippen LogP contribution in [0, 0.1) is 0 Å². The number of fused-ring (bicyclic) bond motifs is 1. The largest absolute Gasteiger partial charge is 0.362 e. The quantitative estimate of drug-likeness (QED) is 0.861. The highest BCUT2D eigenvalue weighted by atomic mass is 16.5. The van der Waals surface area contributed by atoms with Crippen LogP contribution in [-0.4, -0.2) is 17.1 Å². The Morgan fingerprint density at radius 3 is 3.11 bits per heavy atom. The van der Waals surface area contributed by atoms with Crippen LogP contribution in [-0.2, 0) is 11.3 Å². The molecule has 0 fully saturated rings. The number of hydrogen-bond acceptors (Lipinski definition) is 5. The summed E-state index contributed by atoms with van der Waals surface area (Å²) in [6.45, 7) is 0.827. The topological polar surface area (TPSA) is 59.1 Å². The van der Waals surface area contributed by atoms with E-state index in [2.05, 4.69) is 32.7 Å². The summed E-state index contributed by atoms with van der Waals surface area (Å²) in [6, 6.07) is 8.06. The molecular weight excluding hydrogens is 228 g/mol. The van der Waals surface area contributed by atoms with E-state index in [1.807, 2.05) is 12.1 Å². The Kier molecular flexibility index (Phi) is 2.92. The van der Waals surface area contributed by atoms with Crippen LogP contribution in [0.15, 0.2) is 36.8 Å².